The first-order valence-corrected chi connectivity index (χ1v) is 14.6. The molecule has 3 rings (SSSR count). The number of aliphatic hydroxyl groups excluding tert-OH is 1. The van der Waals surface area contributed by atoms with Gasteiger partial charge in [0.1, 0.15) is 11.6 Å². The van der Waals surface area contributed by atoms with Gasteiger partial charge in [-0.3, -0.25) is 4.79 Å². The lowest BCUT2D eigenvalue weighted by atomic mass is 9.91. The summed E-state index contributed by atoms with van der Waals surface area (Å²) in [5.41, 5.74) is 4.31. The first-order valence-electron chi connectivity index (χ1n) is 14.6. The standard InChI is InChI=1S/C34H44F2N2O2/c1-4-7-10-24(5-2)15-26-12-9-14-29(17-26)34(40)38-32(20-28-18-30(35)21-31(36)19-28)33(39)23-37-22-27-13-8-11-25(6-3)16-27/h8-9,11-14,16-19,21,24,32-33,37,39H,4-7,10,15,20,22-23H2,1-3H3,(H,38,40)/t24?,32-,33-/m0/s1. The van der Waals surface area contributed by atoms with Crippen LogP contribution < -0.4 is 10.6 Å². The van der Waals surface area contributed by atoms with Crippen molar-refractivity contribution < 1.29 is 18.7 Å². The molecule has 4 nitrogen and oxygen atoms in total. The molecule has 40 heavy (non-hydrogen) atoms. The van der Waals surface area contributed by atoms with Crippen LogP contribution >= 0.6 is 0 Å². The molecule has 3 aromatic rings. The van der Waals surface area contributed by atoms with Crippen molar-refractivity contribution in [1.82, 2.24) is 10.6 Å². The van der Waals surface area contributed by atoms with E-state index in [2.05, 4.69) is 43.5 Å². The number of carbonyl (C=O) groups is 1. The number of halogens is 2. The maximum atomic E-state index is 13.9. The SMILES string of the molecule is CCCCC(CC)Cc1cccc(C(=O)N[C@@H](Cc2cc(F)cc(F)c2)[C@@H](O)CNCc2cccc(CC)c2)c1. The predicted molar refractivity (Wildman–Crippen MR) is 158 cm³/mol. The van der Waals surface area contributed by atoms with Crippen LogP contribution in [-0.4, -0.2) is 29.7 Å². The van der Waals surface area contributed by atoms with Crippen LogP contribution in [-0.2, 0) is 25.8 Å². The van der Waals surface area contributed by atoms with Crippen molar-refractivity contribution >= 4 is 5.91 Å². The molecule has 0 heterocycles. The highest BCUT2D eigenvalue weighted by molar-refractivity contribution is 5.94. The van der Waals surface area contributed by atoms with Crippen LogP contribution in [0.4, 0.5) is 8.78 Å². The zero-order valence-electron chi connectivity index (χ0n) is 24.1. The summed E-state index contributed by atoms with van der Waals surface area (Å²) in [6.07, 6.45) is 5.56. The molecular weight excluding hydrogens is 506 g/mol. The lowest BCUT2D eigenvalue weighted by molar-refractivity contribution is 0.0829. The summed E-state index contributed by atoms with van der Waals surface area (Å²) >= 11 is 0. The van der Waals surface area contributed by atoms with Crippen LogP contribution in [0.3, 0.4) is 0 Å². The van der Waals surface area contributed by atoms with Gasteiger partial charge in [0.25, 0.3) is 5.91 Å². The molecule has 0 aromatic heterocycles. The molecule has 0 bridgehead atoms. The number of rotatable bonds is 16. The molecule has 1 amide bonds. The topological polar surface area (TPSA) is 61.4 Å². The number of amides is 1. The van der Waals surface area contributed by atoms with Gasteiger partial charge in [0, 0.05) is 24.7 Å². The second-order valence-electron chi connectivity index (χ2n) is 10.8. The molecule has 0 radical (unpaired) electrons. The van der Waals surface area contributed by atoms with Crippen LogP contribution in [0.15, 0.2) is 66.7 Å². The van der Waals surface area contributed by atoms with Crippen molar-refractivity contribution in [3.63, 3.8) is 0 Å². The molecule has 0 fully saturated rings. The van der Waals surface area contributed by atoms with Crippen molar-refractivity contribution in [2.75, 3.05) is 6.54 Å². The van der Waals surface area contributed by atoms with Gasteiger partial charge in [0.2, 0.25) is 0 Å². The van der Waals surface area contributed by atoms with Gasteiger partial charge in [0.15, 0.2) is 0 Å². The van der Waals surface area contributed by atoms with Crippen molar-refractivity contribution in [1.29, 1.82) is 0 Å². The molecule has 0 aliphatic rings. The molecule has 6 heteroatoms. The Hall–Kier alpha value is -3.09. The zero-order chi connectivity index (χ0) is 28.9. The quantitative estimate of drug-likeness (QED) is 0.184. The summed E-state index contributed by atoms with van der Waals surface area (Å²) in [7, 11) is 0. The lowest BCUT2D eigenvalue weighted by Crippen LogP contribution is -2.48. The Morgan fingerprint density at radius 1 is 0.850 bits per heavy atom. The Balaban J connectivity index is 1.72. The van der Waals surface area contributed by atoms with Crippen molar-refractivity contribution in [3.05, 3.63) is 106 Å². The molecule has 3 aromatic carbocycles. The number of carbonyl (C=O) groups excluding carboxylic acids is 1. The van der Waals surface area contributed by atoms with Crippen molar-refractivity contribution in [3.8, 4) is 0 Å². The van der Waals surface area contributed by atoms with E-state index < -0.39 is 23.8 Å². The van der Waals surface area contributed by atoms with E-state index in [0.29, 0.717) is 23.6 Å². The normalized spacial score (nSPS) is 13.6. The fourth-order valence-corrected chi connectivity index (χ4v) is 5.10. The number of nitrogens with one attached hydrogen (secondary N) is 2. The van der Waals surface area contributed by atoms with E-state index in [4.69, 9.17) is 0 Å². The summed E-state index contributed by atoms with van der Waals surface area (Å²) in [6, 6.07) is 18.4. The van der Waals surface area contributed by atoms with Gasteiger partial charge in [-0.1, -0.05) is 82.9 Å². The maximum absolute atomic E-state index is 13.9. The molecule has 3 N–H and O–H groups in total. The summed E-state index contributed by atoms with van der Waals surface area (Å²) in [4.78, 5) is 13.3. The number of hydrogen-bond donors (Lipinski definition) is 3. The monoisotopic (exact) mass is 550 g/mol. The van der Waals surface area contributed by atoms with Crippen LogP contribution in [0, 0.1) is 17.6 Å². The minimum Gasteiger partial charge on any atom is -0.390 e. The van der Waals surface area contributed by atoms with E-state index in [-0.39, 0.29) is 18.9 Å². The Bertz CT molecular complexity index is 1200. The largest absolute Gasteiger partial charge is 0.390 e. The molecule has 3 atom stereocenters. The van der Waals surface area contributed by atoms with E-state index in [1.165, 1.54) is 24.1 Å². The molecular formula is C34H44F2N2O2. The summed E-state index contributed by atoms with van der Waals surface area (Å²) in [5, 5.41) is 17.3. The van der Waals surface area contributed by atoms with E-state index >= 15 is 0 Å². The van der Waals surface area contributed by atoms with Crippen LogP contribution in [0.25, 0.3) is 0 Å². The lowest BCUT2D eigenvalue weighted by Gasteiger charge is -2.25. The second kappa shape index (κ2) is 16.2. The predicted octanol–water partition coefficient (Wildman–Crippen LogP) is 6.78. The highest BCUT2D eigenvalue weighted by Crippen LogP contribution is 2.20. The summed E-state index contributed by atoms with van der Waals surface area (Å²) < 4.78 is 27.8. The molecule has 0 saturated heterocycles. The number of hydrogen-bond acceptors (Lipinski definition) is 3. The second-order valence-corrected chi connectivity index (χ2v) is 10.8. The average Bonchev–Trinajstić information content (AvgIpc) is 2.94. The van der Waals surface area contributed by atoms with Crippen LogP contribution in [0.1, 0.15) is 79.1 Å². The summed E-state index contributed by atoms with van der Waals surface area (Å²) in [5.74, 6) is -1.13. The number of aryl methyl sites for hydroxylation is 1. The van der Waals surface area contributed by atoms with Crippen molar-refractivity contribution in [2.24, 2.45) is 5.92 Å². The van der Waals surface area contributed by atoms with Gasteiger partial charge in [-0.05, 0) is 71.7 Å². The maximum Gasteiger partial charge on any atom is 0.251 e. The third-order valence-corrected chi connectivity index (χ3v) is 7.50. The molecule has 0 aliphatic heterocycles. The van der Waals surface area contributed by atoms with Gasteiger partial charge in [-0.15, -0.1) is 0 Å². The molecule has 216 valence electrons. The van der Waals surface area contributed by atoms with Gasteiger partial charge in [-0.2, -0.15) is 0 Å². The fourth-order valence-electron chi connectivity index (χ4n) is 5.10. The molecule has 0 saturated carbocycles. The smallest absolute Gasteiger partial charge is 0.251 e. The first-order chi connectivity index (χ1) is 19.3. The fraction of sp³-hybridized carbons (Fsp3) is 0.441. The van der Waals surface area contributed by atoms with E-state index in [9.17, 15) is 18.7 Å². The Morgan fingerprint density at radius 2 is 1.55 bits per heavy atom. The third-order valence-electron chi connectivity index (χ3n) is 7.50. The Kier molecular flexibility index (Phi) is 12.8. The van der Waals surface area contributed by atoms with Gasteiger partial charge in [0.05, 0.1) is 12.1 Å². The molecule has 0 aliphatic carbocycles. The van der Waals surface area contributed by atoms with E-state index in [1.807, 2.05) is 30.3 Å². The first kappa shape index (κ1) is 31.4. The van der Waals surface area contributed by atoms with Gasteiger partial charge < -0.3 is 15.7 Å². The zero-order valence-corrected chi connectivity index (χ0v) is 24.1. The summed E-state index contributed by atoms with van der Waals surface area (Å²) in [6.45, 7) is 7.25. The average molecular weight is 551 g/mol. The number of unbranched alkanes of at least 4 members (excludes halogenated alkanes) is 1. The van der Waals surface area contributed by atoms with Gasteiger partial charge >= 0.3 is 0 Å². The third kappa shape index (κ3) is 10.1. The Morgan fingerprint density at radius 3 is 2.25 bits per heavy atom. The van der Waals surface area contributed by atoms with Crippen LogP contribution in [0.2, 0.25) is 0 Å². The minimum absolute atomic E-state index is 0.0865. The van der Waals surface area contributed by atoms with Crippen LogP contribution in [0.5, 0.6) is 0 Å². The van der Waals surface area contributed by atoms with E-state index in [1.54, 1.807) is 6.07 Å². The van der Waals surface area contributed by atoms with Gasteiger partial charge in [-0.25, -0.2) is 8.78 Å². The van der Waals surface area contributed by atoms with Crippen molar-refractivity contribution in [2.45, 2.75) is 84.4 Å². The molecule has 1 unspecified atom stereocenters. The van der Waals surface area contributed by atoms with E-state index in [0.717, 1.165) is 49.3 Å². The Labute approximate surface area is 238 Å². The molecule has 0 spiro atoms. The number of aliphatic hydroxyl groups is 1. The minimum atomic E-state index is -0.980. The number of benzene rings is 3. The highest BCUT2D eigenvalue weighted by atomic mass is 19.1. The highest BCUT2D eigenvalue weighted by Gasteiger charge is 2.23.